The summed E-state index contributed by atoms with van der Waals surface area (Å²) in [6.45, 7) is 6.32. The molecule has 2 heteroatoms. The number of phenols is 2. The van der Waals surface area contributed by atoms with E-state index in [1.807, 2.05) is 25.1 Å². The highest BCUT2D eigenvalue weighted by Gasteiger charge is 2.71. The van der Waals surface area contributed by atoms with Crippen LogP contribution < -0.4 is 0 Å². The molecule has 1 unspecified atom stereocenters. The van der Waals surface area contributed by atoms with E-state index < -0.39 is 0 Å². The molecule has 0 spiro atoms. The summed E-state index contributed by atoms with van der Waals surface area (Å²) in [7, 11) is 0. The van der Waals surface area contributed by atoms with Crippen molar-refractivity contribution in [2.75, 3.05) is 0 Å². The largest absolute Gasteiger partial charge is 0.508 e. The first-order valence-corrected chi connectivity index (χ1v) is 8.06. The molecular weight excluding hydrogens is 272 g/mol. The highest BCUT2D eigenvalue weighted by Crippen LogP contribution is 2.76. The summed E-state index contributed by atoms with van der Waals surface area (Å²) in [5.41, 5.74) is 6.23. The van der Waals surface area contributed by atoms with Crippen molar-refractivity contribution < 1.29 is 10.2 Å². The third-order valence-corrected chi connectivity index (χ3v) is 5.79. The van der Waals surface area contributed by atoms with Crippen LogP contribution in [0.15, 0.2) is 30.3 Å². The maximum absolute atomic E-state index is 10.3. The smallest absolute Gasteiger partial charge is 0.119 e. The molecule has 2 N–H and O–H groups in total. The van der Waals surface area contributed by atoms with Gasteiger partial charge in [-0.05, 0) is 73.1 Å². The Kier molecular flexibility index (Phi) is 2.66. The van der Waals surface area contributed by atoms with Gasteiger partial charge in [-0.25, -0.2) is 0 Å². The Morgan fingerprint density at radius 1 is 1.00 bits per heavy atom. The van der Waals surface area contributed by atoms with Crippen molar-refractivity contribution in [3.8, 4) is 11.5 Å². The van der Waals surface area contributed by atoms with E-state index in [2.05, 4.69) is 19.9 Å². The second kappa shape index (κ2) is 4.28. The van der Waals surface area contributed by atoms with Gasteiger partial charge < -0.3 is 10.2 Å². The summed E-state index contributed by atoms with van der Waals surface area (Å²) in [6, 6.07) is 9.75. The number of aromatic hydroxyl groups is 2. The van der Waals surface area contributed by atoms with Crippen LogP contribution in [-0.4, -0.2) is 10.2 Å². The molecule has 0 heterocycles. The molecule has 2 aromatic rings. The first-order valence-electron chi connectivity index (χ1n) is 8.06. The van der Waals surface area contributed by atoms with Gasteiger partial charge in [-0.1, -0.05) is 19.1 Å². The minimum absolute atomic E-state index is 0.257. The van der Waals surface area contributed by atoms with Gasteiger partial charge in [-0.2, -0.15) is 0 Å². The predicted octanol–water partition coefficient (Wildman–Crippen LogP) is 4.53. The molecular formula is C20H22O2. The molecule has 0 aromatic heterocycles. The summed E-state index contributed by atoms with van der Waals surface area (Å²) >= 11 is 0. The molecule has 0 amide bonds. The monoisotopic (exact) mass is 294 g/mol. The van der Waals surface area contributed by atoms with Gasteiger partial charge in [-0.15, -0.1) is 0 Å². The van der Waals surface area contributed by atoms with Crippen LogP contribution in [0.25, 0.3) is 0 Å². The Balaban J connectivity index is 1.78. The molecule has 2 nitrogen and oxygen atoms in total. The zero-order valence-electron chi connectivity index (χ0n) is 13.4. The molecule has 1 atom stereocenters. The zero-order chi connectivity index (χ0) is 15.6. The molecule has 2 aromatic carbocycles. The molecule has 2 fully saturated rings. The molecule has 4 rings (SSSR count). The van der Waals surface area contributed by atoms with Gasteiger partial charge in [0.05, 0.1) is 0 Å². The summed E-state index contributed by atoms with van der Waals surface area (Å²) in [4.78, 5) is 0. The molecule has 2 saturated carbocycles. The van der Waals surface area contributed by atoms with Gasteiger partial charge in [-0.3, -0.25) is 0 Å². The number of benzene rings is 2. The lowest BCUT2D eigenvalue weighted by Gasteiger charge is -2.20. The quantitative estimate of drug-likeness (QED) is 0.873. The van der Waals surface area contributed by atoms with Crippen molar-refractivity contribution >= 4 is 0 Å². The average Bonchev–Trinajstić information content (AvgIpc) is 3.27. The van der Waals surface area contributed by atoms with Crippen molar-refractivity contribution in [2.45, 2.75) is 44.9 Å². The Hall–Kier alpha value is -1.96. The van der Waals surface area contributed by atoms with Gasteiger partial charge in [0.2, 0.25) is 0 Å². The number of hydrogen-bond donors (Lipinski definition) is 2. The third kappa shape index (κ3) is 1.86. The number of hydrogen-bond acceptors (Lipinski definition) is 2. The molecule has 0 aliphatic heterocycles. The van der Waals surface area contributed by atoms with Crippen LogP contribution in [0.4, 0.5) is 0 Å². The van der Waals surface area contributed by atoms with Crippen LogP contribution in [0.5, 0.6) is 11.5 Å². The van der Waals surface area contributed by atoms with Gasteiger partial charge in [0.15, 0.2) is 0 Å². The zero-order valence-corrected chi connectivity index (χ0v) is 13.4. The third-order valence-electron chi connectivity index (χ3n) is 5.79. The Labute approximate surface area is 131 Å². The Morgan fingerprint density at radius 2 is 1.64 bits per heavy atom. The second-order valence-corrected chi connectivity index (χ2v) is 7.25. The van der Waals surface area contributed by atoms with Crippen LogP contribution >= 0.6 is 0 Å². The van der Waals surface area contributed by atoms with E-state index in [9.17, 15) is 10.2 Å². The molecule has 0 radical (unpaired) electrons. The normalized spacial score (nSPS) is 26.4. The first kappa shape index (κ1) is 13.7. The number of aryl methyl sites for hydroxylation is 2. The van der Waals surface area contributed by atoms with Gasteiger partial charge in [0, 0.05) is 16.9 Å². The second-order valence-electron chi connectivity index (χ2n) is 7.25. The van der Waals surface area contributed by atoms with Crippen LogP contribution in [0.1, 0.15) is 53.5 Å². The van der Waals surface area contributed by atoms with Gasteiger partial charge in [0.1, 0.15) is 11.5 Å². The maximum Gasteiger partial charge on any atom is 0.119 e. The van der Waals surface area contributed by atoms with Crippen molar-refractivity contribution in [1.29, 1.82) is 0 Å². The topological polar surface area (TPSA) is 40.5 Å². The molecule has 114 valence electrons. The van der Waals surface area contributed by atoms with Gasteiger partial charge in [0.25, 0.3) is 0 Å². The molecule has 2 aliphatic carbocycles. The van der Waals surface area contributed by atoms with Crippen LogP contribution in [0.2, 0.25) is 0 Å². The fourth-order valence-electron chi connectivity index (χ4n) is 4.03. The van der Waals surface area contributed by atoms with Crippen molar-refractivity contribution in [3.05, 3.63) is 58.1 Å². The van der Waals surface area contributed by atoms with E-state index in [1.54, 1.807) is 6.07 Å². The summed E-state index contributed by atoms with van der Waals surface area (Å²) in [5, 5.41) is 19.9. The molecule has 2 aliphatic rings. The molecule has 22 heavy (non-hydrogen) atoms. The van der Waals surface area contributed by atoms with E-state index >= 15 is 0 Å². The predicted molar refractivity (Wildman–Crippen MR) is 87.6 cm³/mol. The summed E-state index contributed by atoms with van der Waals surface area (Å²) in [6.07, 6.45) is 2.49. The highest BCUT2D eigenvalue weighted by atomic mass is 16.3. The van der Waals surface area contributed by atoms with Crippen LogP contribution in [0.3, 0.4) is 0 Å². The number of phenolic OH excluding ortho intramolecular Hbond substituents is 2. The standard InChI is InChI=1S/C20H22O2/c1-11-6-15(21)4-5-16(11)13(3)17-8-18(19(22)7-12(17)2)20-9-14(20)10-20/h4-8,13-14,21-22H,9-10H2,1-3H3. The van der Waals surface area contributed by atoms with Crippen molar-refractivity contribution in [3.63, 3.8) is 0 Å². The SMILES string of the molecule is Cc1cc(O)ccc1C(C)c1cc(C23CC2C3)c(O)cc1C. The number of fused-ring (bicyclic) bond motifs is 1. The Morgan fingerprint density at radius 3 is 2.23 bits per heavy atom. The highest BCUT2D eigenvalue weighted by molar-refractivity contribution is 5.56. The van der Waals surface area contributed by atoms with Crippen LogP contribution in [0, 0.1) is 19.8 Å². The fourth-order valence-corrected chi connectivity index (χ4v) is 4.03. The van der Waals surface area contributed by atoms with E-state index in [0.29, 0.717) is 16.9 Å². The maximum atomic E-state index is 10.3. The van der Waals surface area contributed by atoms with E-state index in [4.69, 9.17) is 0 Å². The minimum atomic E-state index is 0.257. The van der Waals surface area contributed by atoms with Crippen LogP contribution in [-0.2, 0) is 5.41 Å². The van der Waals surface area contributed by atoms with E-state index in [1.165, 1.54) is 24.0 Å². The number of rotatable bonds is 3. The van der Waals surface area contributed by atoms with Crippen molar-refractivity contribution in [2.24, 2.45) is 5.92 Å². The first-order chi connectivity index (χ1) is 10.4. The minimum Gasteiger partial charge on any atom is -0.508 e. The molecule has 0 bridgehead atoms. The van der Waals surface area contributed by atoms with E-state index in [-0.39, 0.29) is 5.92 Å². The molecule has 0 saturated heterocycles. The average molecular weight is 294 g/mol. The lowest BCUT2D eigenvalue weighted by molar-refractivity contribution is 0.464. The summed E-state index contributed by atoms with van der Waals surface area (Å²) in [5.74, 6) is 1.86. The Bertz CT molecular complexity index is 770. The lowest BCUT2D eigenvalue weighted by Crippen LogP contribution is -2.04. The lowest BCUT2D eigenvalue weighted by atomic mass is 9.85. The van der Waals surface area contributed by atoms with Crippen molar-refractivity contribution in [1.82, 2.24) is 0 Å². The van der Waals surface area contributed by atoms with Gasteiger partial charge >= 0.3 is 0 Å². The summed E-state index contributed by atoms with van der Waals surface area (Å²) < 4.78 is 0. The fraction of sp³-hybridized carbons (Fsp3) is 0.400. The van der Waals surface area contributed by atoms with E-state index in [0.717, 1.165) is 22.6 Å².